The molecule has 12 heavy (non-hydrogen) atoms. The van der Waals surface area contributed by atoms with Gasteiger partial charge in [0.1, 0.15) is 0 Å². The lowest BCUT2D eigenvalue weighted by Gasteiger charge is -2.07. The van der Waals surface area contributed by atoms with Gasteiger partial charge < -0.3 is 9.84 Å². The van der Waals surface area contributed by atoms with Crippen molar-refractivity contribution in [3.8, 4) is 0 Å². The van der Waals surface area contributed by atoms with E-state index in [0.29, 0.717) is 18.7 Å². The predicted octanol–water partition coefficient (Wildman–Crippen LogP) is 1.15. The number of methoxy groups -OCH3 is 1. The second-order valence-electron chi connectivity index (χ2n) is 2.55. The summed E-state index contributed by atoms with van der Waals surface area (Å²) in [5.41, 5.74) is 0.703. The van der Waals surface area contributed by atoms with Crippen LogP contribution in [-0.2, 0) is 4.74 Å². The van der Waals surface area contributed by atoms with E-state index in [2.05, 4.69) is 4.98 Å². The first kappa shape index (κ1) is 9.16. The van der Waals surface area contributed by atoms with Crippen molar-refractivity contribution in [3.63, 3.8) is 0 Å². The molecule has 0 fully saturated rings. The number of aliphatic hydroxyl groups is 1. The monoisotopic (exact) mass is 167 g/mol. The first-order valence-corrected chi connectivity index (χ1v) is 3.92. The molecular formula is C9H13NO2. The summed E-state index contributed by atoms with van der Waals surface area (Å²) in [5, 5.41) is 9.51. The quantitative estimate of drug-likeness (QED) is 0.731. The normalized spacial score (nSPS) is 12.8. The van der Waals surface area contributed by atoms with E-state index >= 15 is 0 Å². The summed E-state index contributed by atoms with van der Waals surface area (Å²) in [7, 11) is 1.62. The Balaban J connectivity index is 2.48. The molecule has 1 N–H and O–H groups in total. The molecule has 0 aromatic carbocycles. The first-order chi connectivity index (χ1) is 5.84. The minimum Gasteiger partial charge on any atom is -0.387 e. The summed E-state index contributed by atoms with van der Waals surface area (Å²) in [6.07, 6.45) is 1.75. The zero-order valence-corrected chi connectivity index (χ0v) is 7.10. The van der Waals surface area contributed by atoms with E-state index in [1.807, 2.05) is 12.1 Å². The van der Waals surface area contributed by atoms with Crippen LogP contribution in [-0.4, -0.2) is 23.8 Å². The van der Waals surface area contributed by atoms with E-state index in [0.717, 1.165) is 0 Å². The average molecular weight is 167 g/mol. The van der Waals surface area contributed by atoms with Gasteiger partial charge in [0.15, 0.2) is 0 Å². The number of pyridine rings is 1. The molecule has 0 spiro atoms. The summed E-state index contributed by atoms with van der Waals surface area (Å²) in [5.74, 6) is 0. The van der Waals surface area contributed by atoms with Gasteiger partial charge in [-0.15, -0.1) is 0 Å². The van der Waals surface area contributed by atoms with Gasteiger partial charge in [-0.25, -0.2) is 0 Å². The summed E-state index contributed by atoms with van der Waals surface area (Å²) >= 11 is 0. The smallest absolute Gasteiger partial charge is 0.0981 e. The van der Waals surface area contributed by atoms with Crippen molar-refractivity contribution in [1.82, 2.24) is 4.98 Å². The molecule has 3 heteroatoms. The maximum Gasteiger partial charge on any atom is 0.0981 e. The molecule has 0 bridgehead atoms. The van der Waals surface area contributed by atoms with Gasteiger partial charge in [0.05, 0.1) is 11.8 Å². The van der Waals surface area contributed by atoms with Crippen molar-refractivity contribution in [2.75, 3.05) is 13.7 Å². The van der Waals surface area contributed by atoms with Gasteiger partial charge in [0, 0.05) is 26.3 Å². The average Bonchev–Trinajstić information content (AvgIpc) is 2.15. The largest absolute Gasteiger partial charge is 0.387 e. The molecule has 0 amide bonds. The molecule has 1 rings (SSSR count). The van der Waals surface area contributed by atoms with E-state index in [1.54, 1.807) is 19.4 Å². The minimum atomic E-state index is -0.508. The number of ether oxygens (including phenoxy) is 1. The van der Waals surface area contributed by atoms with E-state index in [-0.39, 0.29) is 0 Å². The van der Waals surface area contributed by atoms with Crippen molar-refractivity contribution in [2.45, 2.75) is 12.5 Å². The number of hydrogen-bond acceptors (Lipinski definition) is 3. The van der Waals surface area contributed by atoms with Crippen molar-refractivity contribution in [1.29, 1.82) is 0 Å². The highest BCUT2D eigenvalue weighted by atomic mass is 16.5. The van der Waals surface area contributed by atoms with E-state index in [9.17, 15) is 5.11 Å². The van der Waals surface area contributed by atoms with Gasteiger partial charge in [-0.3, -0.25) is 4.98 Å². The lowest BCUT2D eigenvalue weighted by molar-refractivity contribution is 0.108. The van der Waals surface area contributed by atoms with Crippen LogP contribution in [0, 0.1) is 0 Å². The standard InChI is InChI=1S/C9H13NO2/c1-12-7-5-9(11)8-4-2-3-6-10-8/h2-4,6,9,11H,5,7H2,1H3. The second kappa shape index (κ2) is 4.85. The van der Waals surface area contributed by atoms with Gasteiger partial charge in [-0.05, 0) is 12.1 Å². The number of aromatic nitrogens is 1. The zero-order valence-electron chi connectivity index (χ0n) is 7.10. The lowest BCUT2D eigenvalue weighted by Crippen LogP contribution is -2.03. The molecule has 1 aromatic rings. The summed E-state index contributed by atoms with van der Waals surface area (Å²) < 4.78 is 4.85. The molecule has 3 nitrogen and oxygen atoms in total. The molecule has 0 radical (unpaired) electrons. The molecule has 1 aromatic heterocycles. The van der Waals surface area contributed by atoms with Gasteiger partial charge in [0.2, 0.25) is 0 Å². The Morgan fingerprint density at radius 3 is 3.00 bits per heavy atom. The number of rotatable bonds is 4. The third-order valence-electron chi connectivity index (χ3n) is 1.62. The molecule has 1 atom stereocenters. The maximum absolute atomic E-state index is 9.51. The number of hydrogen-bond donors (Lipinski definition) is 1. The highest BCUT2D eigenvalue weighted by molar-refractivity contribution is 5.06. The van der Waals surface area contributed by atoms with Crippen LogP contribution >= 0.6 is 0 Å². The molecule has 1 heterocycles. The van der Waals surface area contributed by atoms with Crippen LogP contribution in [0.2, 0.25) is 0 Å². The van der Waals surface area contributed by atoms with Crippen LogP contribution in [0.15, 0.2) is 24.4 Å². The summed E-state index contributed by atoms with van der Waals surface area (Å²) in [6, 6.07) is 5.49. The van der Waals surface area contributed by atoms with Crippen LogP contribution in [0.25, 0.3) is 0 Å². The third-order valence-corrected chi connectivity index (χ3v) is 1.62. The molecule has 1 unspecified atom stereocenters. The minimum absolute atomic E-state index is 0.508. The van der Waals surface area contributed by atoms with Crippen LogP contribution in [0.5, 0.6) is 0 Å². The Kier molecular flexibility index (Phi) is 3.70. The van der Waals surface area contributed by atoms with Crippen LogP contribution in [0.1, 0.15) is 18.2 Å². The maximum atomic E-state index is 9.51. The van der Waals surface area contributed by atoms with Crippen LogP contribution in [0.3, 0.4) is 0 Å². The fraction of sp³-hybridized carbons (Fsp3) is 0.444. The Morgan fingerprint density at radius 1 is 1.58 bits per heavy atom. The molecule has 0 saturated carbocycles. The topological polar surface area (TPSA) is 42.4 Å². The van der Waals surface area contributed by atoms with E-state index in [4.69, 9.17) is 4.74 Å². The highest BCUT2D eigenvalue weighted by Gasteiger charge is 2.06. The number of nitrogens with zero attached hydrogens (tertiary/aromatic N) is 1. The van der Waals surface area contributed by atoms with Crippen molar-refractivity contribution < 1.29 is 9.84 Å². The van der Waals surface area contributed by atoms with E-state index < -0.39 is 6.10 Å². The van der Waals surface area contributed by atoms with Gasteiger partial charge in [-0.1, -0.05) is 6.07 Å². The molecule has 0 aliphatic carbocycles. The zero-order chi connectivity index (χ0) is 8.81. The van der Waals surface area contributed by atoms with E-state index in [1.165, 1.54) is 0 Å². The number of aliphatic hydroxyl groups excluding tert-OH is 1. The Hall–Kier alpha value is -0.930. The van der Waals surface area contributed by atoms with Crippen LogP contribution < -0.4 is 0 Å². The Bertz CT molecular complexity index is 213. The van der Waals surface area contributed by atoms with Crippen molar-refractivity contribution >= 4 is 0 Å². The second-order valence-corrected chi connectivity index (χ2v) is 2.55. The van der Waals surface area contributed by atoms with Gasteiger partial charge in [0.25, 0.3) is 0 Å². The fourth-order valence-corrected chi connectivity index (χ4v) is 0.950. The van der Waals surface area contributed by atoms with Crippen molar-refractivity contribution in [3.05, 3.63) is 30.1 Å². The third kappa shape index (κ3) is 2.60. The van der Waals surface area contributed by atoms with Crippen LogP contribution in [0.4, 0.5) is 0 Å². The molecule has 0 aliphatic heterocycles. The first-order valence-electron chi connectivity index (χ1n) is 3.92. The molecule has 0 aliphatic rings. The van der Waals surface area contributed by atoms with Crippen molar-refractivity contribution in [2.24, 2.45) is 0 Å². The Morgan fingerprint density at radius 2 is 2.42 bits per heavy atom. The lowest BCUT2D eigenvalue weighted by atomic mass is 10.2. The molecule has 0 saturated heterocycles. The highest BCUT2D eigenvalue weighted by Crippen LogP contribution is 2.12. The molecule has 66 valence electrons. The fourth-order valence-electron chi connectivity index (χ4n) is 0.950. The van der Waals surface area contributed by atoms with Gasteiger partial charge in [-0.2, -0.15) is 0 Å². The SMILES string of the molecule is COCCC(O)c1ccccn1. The van der Waals surface area contributed by atoms with Gasteiger partial charge >= 0.3 is 0 Å². The summed E-state index contributed by atoms with van der Waals surface area (Å²) in [6.45, 7) is 0.553. The molecular weight excluding hydrogens is 154 g/mol. The summed E-state index contributed by atoms with van der Waals surface area (Å²) in [4.78, 5) is 4.03. The Labute approximate surface area is 72.0 Å². The predicted molar refractivity (Wildman–Crippen MR) is 45.7 cm³/mol.